The number of rotatable bonds is 8. The Labute approximate surface area is 270 Å². The van der Waals surface area contributed by atoms with Gasteiger partial charge in [0.1, 0.15) is 11.6 Å². The van der Waals surface area contributed by atoms with E-state index in [4.69, 9.17) is 14.5 Å². The summed E-state index contributed by atoms with van der Waals surface area (Å²) in [6.45, 7) is 7.13. The molecule has 0 radical (unpaired) electrons. The number of anilines is 1. The molecule has 220 valence electrons. The smallest absolute Gasteiger partial charge is 0.259 e. The van der Waals surface area contributed by atoms with E-state index in [9.17, 15) is 10.1 Å². The van der Waals surface area contributed by atoms with Gasteiger partial charge in [-0.05, 0) is 94.6 Å². The van der Waals surface area contributed by atoms with Gasteiger partial charge in [0.05, 0.1) is 27.9 Å². The molecule has 43 heavy (non-hydrogen) atoms. The molecular weight excluding hydrogens is 669 g/mol. The number of halogens is 1. The van der Waals surface area contributed by atoms with Crippen molar-refractivity contribution in [3.05, 3.63) is 103 Å². The summed E-state index contributed by atoms with van der Waals surface area (Å²) in [4.78, 5) is 19.8. The molecule has 1 N–H and O–H groups in total. The molecule has 6 nitrogen and oxygen atoms in total. The highest BCUT2D eigenvalue weighted by molar-refractivity contribution is 14.1. The predicted octanol–water partition coefficient (Wildman–Crippen LogP) is 8.97. The predicted molar refractivity (Wildman–Crippen MR) is 182 cm³/mol. The van der Waals surface area contributed by atoms with Crippen LogP contribution in [0, 0.1) is 26.2 Å². The van der Waals surface area contributed by atoms with Crippen LogP contribution in [-0.2, 0) is 19.4 Å². The van der Waals surface area contributed by atoms with Crippen LogP contribution in [-0.4, -0.2) is 19.2 Å². The minimum Gasteiger partial charge on any atom is -0.493 e. The van der Waals surface area contributed by atoms with E-state index in [1.54, 1.807) is 30.7 Å². The number of carbonyl (C=O) groups is 1. The number of benzene rings is 3. The van der Waals surface area contributed by atoms with Gasteiger partial charge in [0.2, 0.25) is 0 Å². The topological polar surface area (TPSA) is 83.7 Å². The van der Waals surface area contributed by atoms with Gasteiger partial charge in [0.25, 0.3) is 5.91 Å². The number of amides is 1. The number of nitriles is 1. The average Bonchev–Trinajstić information content (AvgIpc) is 3.37. The average molecular weight is 704 g/mol. The monoisotopic (exact) mass is 703 g/mol. The van der Waals surface area contributed by atoms with Gasteiger partial charge >= 0.3 is 0 Å². The third-order valence-corrected chi connectivity index (χ3v) is 9.79. The number of hydrogen-bond donors (Lipinski definition) is 1. The molecule has 0 unspecified atom stereocenters. The molecule has 0 fully saturated rings. The molecule has 1 aliphatic carbocycles. The number of nitrogens with one attached hydrogen (secondary N) is 1. The van der Waals surface area contributed by atoms with E-state index in [0.29, 0.717) is 28.5 Å². The van der Waals surface area contributed by atoms with Crippen LogP contribution in [0.2, 0.25) is 0 Å². The number of ether oxygens (including phenoxy) is 2. The maximum Gasteiger partial charge on any atom is 0.259 e. The molecule has 0 bridgehead atoms. The van der Waals surface area contributed by atoms with Crippen LogP contribution in [0.1, 0.15) is 64.7 Å². The molecule has 1 atom stereocenters. The van der Waals surface area contributed by atoms with Gasteiger partial charge in [-0.2, -0.15) is 5.26 Å². The Balaban J connectivity index is 1.45. The van der Waals surface area contributed by atoms with Crippen molar-refractivity contribution in [3.63, 3.8) is 0 Å². The van der Waals surface area contributed by atoms with E-state index in [1.807, 2.05) is 60.7 Å². The van der Waals surface area contributed by atoms with E-state index in [1.165, 1.54) is 4.88 Å². The molecule has 1 aliphatic rings. The Morgan fingerprint density at radius 3 is 2.63 bits per heavy atom. The quantitative estimate of drug-likeness (QED) is 0.147. The number of para-hydroxylation sites is 1. The summed E-state index contributed by atoms with van der Waals surface area (Å²) in [5, 5.41) is 13.2. The standard InChI is InChI=1S/C35H34IN3O3S/c1-35(2,3)25-14-15-27-30(18-25)43-34(31(27)33(40)39-26-12-6-5-7-13-26)38-20-22-16-28(36)32(29(17-22)41-4)42-21-24-11-9-8-10-23(24)19-37/h5-13,16-17,20,25H,14-15,18,21H2,1-4H3,(H,39,40)/t25-/m0/s1. The van der Waals surface area contributed by atoms with Crippen molar-refractivity contribution in [1.29, 1.82) is 5.26 Å². The molecule has 0 aliphatic heterocycles. The molecule has 4 aromatic rings. The van der Waals surface area contributed by atoms with Crippen LogP contribution in [0.25, 0.3) is 0 Å². The van der Waals surface area contributed by atoms with Gasteiger partial charge in [-0.25, -0.2) is 4.99 Å². The van der Waals surface area contributed by atoms with E-state index in [-0.39, 0.29) is 17.9 Å². The van der Waals surface area contributed by atoms with Crippen molar-refractivity contribution >= 4 is 56.7 Å². The van der Waals surface area contributed by atoms with Gasteiger partial charge in [-0.15, -0.1) is 11.3 Å². The Hall–Kier alpha value is -3.68. The lowest BCUT2D eigenvalue weighted by Gasteiger charge is -2.33. The highest BCUT2D eigenvalue weighted by Crippen LogP contribution is 2.45. The fraction of sp³-hybridized carbons (Fsp3) is 0.286. The maximum atomic E-state index is 13.7. The molecule has 0 saturated carbocycles. The summed E-state index contributed by atoms with van der Waals surface area (Å²) < 4.78 is 12.7. The zero-order valence-electron chi connectivity index (χ0n) is 24.7. The number of fused-ring (bicyclic) bond motifs is 1. The molecule has 3 aromatic carbocycles. The highest BCUT2D eigenvalue weighted by atomic mass is 127. The van der Waals surface area contributed by atoms with Crippen molar-refractivity contribution in [2.45, 2.75) is 46.6 Å². The number of nitrogens with zero attached hydrogens (tertiary/aromatic N) is 2. The van der Waals surface area contributed by atoms with Crippen LogP contribution < -0.4 is 14.8 Å². The Kier molecular flexibility index (Phi) is 9.52. The molecule has 8 heteroatoms. The molecule has 0 saturated heterocycles. The normalized spacial score (nSPS) is 14.7. The first-order valence-corrected chi connectivity index (χ1v) is 16.1. The minimum absolute atomic E-state index is 0.126. The Morgan fingerprint density at radius 1 is 1.16 bits per heavy atom. The van der Waals surface area contributed by atoms with Gasteiger partial charge in [0.15, 0.2) is 11.5 Å². The third kappa shape index (κ3) is 7.11. The minimum atomic E-state index is -0.126. The van der Waals surface area contributed by atoms with Crippen molar-refractivity contribution in [2.24, 2.45) is 16.3 Å². The fourth-order valence-electron chi connectivity index (χ4n) is 5.34. The summed E-state index contributed by atoms with van der Waals surface area (Å²) in [5.41, 5.74) is 4.98. The van der Waals surface area contributed by atoms with Crippen LogP contribution in [0.3, 0.4) is 0 Å². The van der Waals surface area contributed by atoms with E-state index >= 15 is 0 Å². The molecule has 1 heterocycles. The molecule has 1 aromatic heterocycles. The number of thiophene rings is 1. The van der Waals surface area contributed by atoms with Crippen molar-refractivity contribution in [1.82, 2.24) is 0 Å². The SMILES string of the molecule is COc1cc(C=Nc2sc3c(c2C(=O)Nc2ccccc2)CC[C@H](C(C)(C)C)C3)cc(I)c1OCc1ccccc1C#N. The van der Waals surface area contributed by atoms with Crippen molar-refractivity contribution in [2.75, 3.05) is 12.4 Å². The second-order valence-corrected chi connectivity index (χ2v) is 13.9. The largest absolute Gasteiger partial charge is 0.493 e. The number of hydrogen-bond acceptors (Lipinski definition) is 6. The van der Waals surface area contributed by atoms with Crippen LogP contribution >= 0.6 is 33.9 Å². The fourth-order valence-corrected chi connectivity index (χ4v) is 7.39. The second-order valence-electron chi connectivity index (χ2n) is 11.7. The molecular formula is C35H34IN3O3S. The van der Waals surface area contributed by atoms with Gasteiger partial charge in [0, 0.05) is 22.3 Å². The number of methoxy groups -OCH3 is 1. The highest BCUT2D eigenvalue weighted by Gasteiger charge is 2.33. The lowest BCUT2D eigenvalue weighted by atomic mass is 9.72. The lowest BCUT2D eigenvalue weighted by Crippen LogP contribution is -2.27. The lowest BCUT2D eigenvalue weighted by molar-refractivity contribution is 0.102. The van der Waals surface area contributed by atoms with Crippen LogP contribution in [0.5, 0.6) is 11.5 Å². The molecule has 0 spiro atoms. The first kappa shape index (κ1) is 30.8. The Morgan fingerprint density at radius 2 is 1.91 bits per heavy atom. The number of carbonyl (C=O) groups excluding carboxylic acids is 1. The first-order valence-electron chi connectivity index (χ1n) is 14.2. The first-order chi connectivity index (χ1) is 20.7. The summed E-state index contributed by atoms with van der Waals surface area (Å²) >= 11 is 3.85. The van der Waals surface area contributed by atoms with Crippen molar-refractivity contribution in [3.8, 4) is 17.6 Å². The molecule has 5 rings (SSSR count). The zero-order chi connectivity index (χ0) is 30.6. The van der Waals surface area contributed by atoms with Gasteiger partial charge < -0.3 is 14.8 Å². The zero-order valence-corrected chi connectivity index (χ0v) is 27.7. The summed E-state index contributed by atoms with van der Waals surface area (Å²) in [6, 6.07) is 23.0. The van der Waals surface area contributed by atoms with Crippen LogP contribution in [0.15, 0.2) is 71.7 Å². The maximum absolute atomic E-state index is 13.7. The van der Waals surface area contributed by atoms with Crippen molar-refractivity contribution < 1.29 is 14.3 Å². The van der Waals surface area contributed by atoms with Gasteiger partial charge in [-0.1, -0.05) is 57.2 Å². The summed E-state index contributed by atoms with van der Waals surface area (Å²) in [5.74, 6) is 1.61. The van der Waals surface area contributed by atoms with Crippen LogP contribution in [0.4, 0.5) is 10.7 Å². The van der Waals surface area contributed by atoms with E-state index in [0.717, 1.165) is 50.2 Å². The molecule has 1 amide bonds. The van der Waals surface area contributed by atoms with E-state index in [2.05, 4.69) is 54.7 Å². The second kappa shape index (κ2) is 13.3. The number of aliphatic imine (C=N–C) groups is 1. The third-order valence-electron chi connectivity index (χ3n) is 7.82. The van der Waals surface area contributed by atoms with E-state index < -0.39 is 0 Å². The summed E-state index contributed by atoms with van der Waals surface area (Å²) in [6.07, 6.45) is 4.67. The summed E-state index contributed by atoms with van der Waals surface area (Å²) in [7, 11) is 1.60. The van der Waals surface area contributed by atoms with Gasteiger partial charge in [-0.3, -0.25) is 4.79 Å². The Bertz CT molecular complexity index is 1700.